The molecule has 0 saturated carbocycles. The molecule has 292 valence electrons. The summed E-state index contributed by atoms with van der Waals surface area (Å²) >= 11 is 0. The van der Waals surface area contributed by atoms with Crippen molar-refractivity contribution in [3.05, 3.63) is 216 Å². The van der Waals surface area contributed by atoms with Crippen LogP contribution >= 0.6 is 0 Å². The molecular formula is C58H44N2O. The van der Waals surface area contributed by atoms with Crippen LogP contribution in [0.2, 0.25) is 0 Å². The summed E-state index contributed by atoms with van der Waals surface area (Å²) in [5.74, 6) is 1.78. The van der Waals surface area contributed by atoms with Gasteiger partial charge in [-0.05, 0) is 110 Å². The maximum Gasteiger partial charge on any atom is 0.152 e. The lowest BCUT2D eigenvalue weighted by Crippen LogP contribution is -2.32. The molecular weight excluding hydrogens is 741 g/mol. The van der Waals surface area contributed by atoms with E-state index < -0.39 is 0 Å². The Morgan fingerprint density at radius 1 is 0.410 bits per heavy atom. The Labute approximate surface area is 357 Å². The predicted molar refractivity (Wildman–Crippen MR) is 254 cm³/mol. The number of fused-ring (bicyclic) bond motifs is 9. The molecule has 0 amide bonds. The Hall–Kier alpha value is -7.36. The smallest absolute Gasteiger partial charge is 0.152 e. The van der Waals surface area contributed by atoms with Crippen LogP contribution in [0.1, 0.15) is 49.9 Å². The summed E-state index contributed by atoms with van der Waals surface area (Å²) in [6, 6.07) is 71.1. The number of nitrogens with zero attached hydrogens (tertiary/aromatic N) is 2. The summed E-state index contributed by atoms with van der Waals surface area (Å²) < 4.78 is 6.66. The summed E-state index contributed by atoms with van der Waals surface area (Å²) in [5.41, 5.74) is 19.1. The van der Waals surface area contributed by atoms with Crippen LogP contribution in [0, 0.1) is 0 Å². The normalized spacial score (nSPS) is 14.6. The molecule has 1 aliphatic carbocycles. The van der Waals surface area contributed by atoms with Gasteiger partial charge in [0.05, 0.1) is 22.7 Å². The standard InChI is InChI=1S/C58H44N2O/c1-57(2)47-21-12-10-20-45(47)46-32-31-42(36-49(46)57)59(51-23-13-11-18-43(51)38-15-6-5-7-16-38)41-29-25-37(26-30-41)40-27-33-52-50(35-40)58(3,4)48-22-14-24-53-56(48)60(52)55-44-19-9-8-17-39(44)28-34-54(55)61-53/h5-36H,1-4H3. The molecule has 9 aromatic carbocycles. The van der Waals surface area contributed by atoms with Crippen molar-refractivity contribution >= 4 is 44.9 Å². The minimum absolute atomic E-state index is 0.116. The Bertz CT molecular complexity index is 3230. The molecule has 61 heavy (non-hydrogen) atoms. The first-order chi connectivity index (χ1) is 29.8. The lowest BCUT2D eigenvalue weighted by molar-refractivity contribution is 0.472. The number of para-hydroxylation sites is 2. The SMILES string of the molecule is CC1(C)c2ccccc2-c2ccc(N(c3ccc(-c4ccc5c(c4)C(C)(C)c4cccc6c4N5c4c(ccc5ccccc45)O6)cc3)c3ccccc3-c3ccccc3)cc21. The molecule has 3 nitrogen and oxygen atoms in total. The van der Waals surface area contributed by atoms with Crippen molar-refractivity contribution in [3.63, 3.8) is 0 Å². The van der Waals surface area contributed by atoms with Crippen molar-refractivity contribution in [2.75, 3.05) is 9.80 Å². The molecule has 0 unspecified atom stereocenters. The first-order valence-electron chi connectivity index (χ1n) is 21.3. The molecule has 0 bridgehead atoms. The van der Waals surface area contributed by atoms with Crippen molar-refractivity contribution in [2.24, 2.45) is 0 Å². The molecule has 3 heteroatoms. The Balaban J connectivity index is 0.988. The van der Waals surface area contributed by atoms with Gasteiger partial charge in [0.1, 0.15) is 0 Å². The Morgan fingerprint density at radius 3 is 1.92 bits per heavy atom. The molecule has 0 radical (unpaired) electrons. The minimum atomic E-state index is -0.266. The maximum atomic E-state index is 6.66. The van der Waals surface area contributed by atoms with Gasteiger partial charge in [0.15, 0.2) is 11.5 Å². The fourth-order valence-electron chi connectivity index (χ4n) is 10.5. The minimum Gasteiger partial charge on any atom is -0.453 e. The van der Waals surface area contributed by atoms with E-state index in [9.17, 15) is 0 Å². The fraction of sp³-hybridized carbons (Fsp3) is 0.103. The van der Waals surface area contributed by atoms with Gasteiger partial charge in [-0.15, -0.1) is 0 Å². The van der Waals surface area contributed by atoms with E-state index in [2.05, 4.69) is 232 Å². The summed E-state index contributed by atoms with van der Waals surface area (Å²) in [6.07, 6.45) is 0. The molecule has 2 heterocycles. The van der Waals surface area contributed by atoms with Crippen molar-refractivity contribution < 1.29 is 4.74 Å². The van der Waals surface area contributed by atoms with Gasteiger partial charge >= 0.3 is 0 Å². The van der Waals surface area contributed by atoms with Gasteiger partial charge in [0.25, 0.3) is 0 Å². The third-order valence-corrected chi connectivity index (χ3v) is 13.6. The molecule has 0 aromatic heterocycles. The molecule has 12 rings (SSSR count). The highest BCUT2D eigenvalue weighted by Gasteiger charge is 2.42. The lowest BCUT2D eigenvalue weighted by Gasteiger charge is -2.45. The molecule has 0 saturated heterocycles. The molecule has 0 spiro atoms. The first-order valence-corrected chi connectivity index (χ1v) is 21.3. The van der Waals surface area contributed by atoms with E-state index in [0.29, 0.717) is 0 Å². The zero-order valence-electron chi connectivity index (χ0n) is 34.8. The molecule has 2 aliphatic heterocycles. The highest BCUT2D eigenvalue weighted by atomic mass is 16.5. The Kier molecular flexibility index (Phi) is 7.62. The molecule has 9 aromatic rings. The number of hydrogen-bond donors (Lipinski definition) is 0. The summed E-state index contributed by atoms with van der Waals surface area (Å²) in [4.78, 5) is 4.90. The van der Waals surface area contributed by atoms with E-state index in [1.807, 2.05) is 0 Å². The summed E-state index contributed by atoms with van der Waals surface area (Å²) in [7, 11) is 0. The van der Waals surface area contributed by atoms with E-state index in [-0.39, 0.29) is 10.8 Å². The monoisotopic (exact) mass is 784 g/mol. The Morgan fingerprint density at radius 2 is 1.07 bits per heavy atom. The van der Waals surface area contributed by atoms with Gasteiger partial charge in [-0.1, -0.05) is 167 Å². The first kappa shape index (κ1) is 35.6. The van der Waals surface area contributed by atoms with E-state index >= 15 is 0 Å². The van der Waals surface area contributed by atoms with E-state index in [1.54, 1.807) is 0 Å². The van der Waals surface area contributed by atoms with Gasteiger partial charge in [-0.2, -0.15) is 0 Å². The number of anilines is 6. The predicted octanol–water partition coefficient (Wildman–Crippen LogP) is 16.2. The van der Waals surface area contributed by atoms with Crippen LogP contribution in [0.3, 0.4) is 0 Å². The van der Waals surface area contributed by atoms with E-state index in [0.717, 1.165) is 39.9 Å². The van der Waals surface area contributed by atoms with Crippen LogP contribution < -0.4 is 14.5 Å². The van der Waals surface area contributed by atoms with Gasteiger partial charge in [-0.25, -0.2) is 0 Å². The second-order valence-corrected chi connectivity index (χ2v) is 17.7. The van der Waals surface area contributed by atoms with Crippen LogP contribution in [-0.2, 0) is 10.8 Å². The largest absolute Gasteiger partial charge is 0.453 e. The summed E-state index contributed by atoms with van der Waals surface area (Å²) in [6.45, 7) is 9.41. The van der Waals surface area contributed by atoms with E-state index in [1.165, 1.54) is 72.1 Å². The number of benzene rings is 9. The van der Waals surface area contributed by atoms with Crippen LogP contribution in [0.5, 0.6) is 11.5 Å². The zero-order chi connectivity index (χ0) is 41.0. The highest BCUT2D eigenvalue weighted by Crippen LogP contribution is 2.61. The zero-order valence-corrected chi connectivity index (χ0v) is 34.8. The number of ether oxygens (including phenoxy) is 1. The third-order valence-electron chi connectivity index (χ3n) is 13.6. The number of hydrogen-bond acceptors (Lipinski definition) is 3. The van der Waals surface area contributed by atoms with Crippen LogP contribution in [0.15, 0.2) is 194 Å². The van der Waals surface area contributed by atoms with Crippen molar-refractivity contribution in [2.45, 2.75) is 38.5 Å². The average Bonchev–Trinajstić information content (AvgIpc) is 3.53. The molecule has 3 aliphatic rings. The van der Waals surface area contributed by atoms with Crippen LogP contribution in [0.25, 0.3) is 44.2 Å². The van der Waals surface area contributed by atoms with Crippen molar-refractivity contribution in [3.8, 4) is 44.9 Å². The fourth-order valence-corrected chi connectivity index (χ4v) is 10.5. The summed E-state index contributed by atoms with van der Waals surface area (Å²) in [5, 5.41) is 2.38. The average molecular weight is 785 g/mol. The highest BCUT2D eigenvalue weighted by molar-refractivity contribution is 6.06. The van der Waals surface area contributed by atoms with E-state index in [4.69, 9.17) is 4.74 Å². The van der Waals surface area contributed by atoms with Gasteiger partial charge < -0.3 is 14.5 Å². The van der Waals surface area contributed by atoms with Crippen LogP contribution in [-0.4, -0.2) is 0 Å². The molecule has 0 N–H and O–H groups in total. The van der Waals surface area contributed by atoms with Crippen molar-refractivity contribution in [1.29, 1.82) is 0 Å². The third kappa shape index (κ3) is 5.23. The second kappa shape index (κ2) is 13.1. The molecule has 0 atom stereocenters. The van der Waals surface area contributed by atoms with Gasteiger partial charge in [0, 0.05) is 33.2 Å². The van der Waals surface area contributed by atoms with Crippen molar-refractivity contribution in [1.82, 2.24) is 0 Å². The number of rotatable bonds is 5. The van der Waals surface area contributed by atoms with Gasteiger partial charge in [0.2, 0.25) is 0 Å². The topological polar surface area (TPSA) is 15.7 Å². The second-order valence-electron chi connectivity index (χ2n) is 17.7. The van der Waals surface area contributed by atoms with Gasteiger partial charge in [-0.3, -0.25) is 0 Å². The maximum absolute atomic E-state index is 6.66. The molecule has 0 fully saturated rings. The quantitative estimate of drug-likeness (QED) is 0.173. The lowest BCUT2D eigenvalue weighted by atomic mass is 9.72. The van der Waals surface area contributed by atoms with Crippen LogP contribution in [0.4, 0.5) is 34.1 Å².